The van der Waals surface area contributed by atoms with Gasteiger partial charge in [-0.25, -0.2) is 0 Å². The predicted molar refractivity (Wildman–Crippen MR) is 64.4 cm³/mol. The highest BCUT2D eigenvalue weighted by Crippen LogP contribution is 2.18. The minimum atomic E-state index is -0.250. The number of rotatable bonds is 3. The van der Waals surface area contributed by atoms with E-state index in [0.717, 1.165) is 0 Å². The highest BCUT2D eigenvalue weighted by molar-refractivity contribution is 5.92. The van der Waals surface area contributed by atoms with Crippen LogP contribution in [0, 0.1) is 5.92 Å². The minimum Gasteiger partial charge on any atom is -0.469 e. The van der Waals surface area contributed by atoms with E-state index in [9.17, 15) is 9.59 Å². The van der Waals surface area contributed by atoms with Gasteiger partial charge in [0, 0.05) is 19.2 Å². The van der Waals surface area contributed by atoms with E-state index >= 15 is 0 Å². The molecule has 1 saturated heterocycles. The van der Waals surface area contributed by atoms with Gasteiger partial charge in [0.1, 0.15) is 5.76 Å². The van der Waals surface area contributed by atoms with Crippen molar-refractivity contribution in [3.8, 4) is 0 Å². The highest BCUT2D eigenvalue weighted by atomic mass is 16.5. The van der Waals surface area contributed by atoms with Gasteiger partial charge in [-0.3, -0.25) is 9.59 Å². The van der Waals surface area contributed by atoms with Crippen LogP contribution in [0.4, 0.5) is 0 Å². The Balaban J connectivity index is 1.90. The summed E-state index contributed by atoms with van der Waals surface area (Å²) in [5.41, 5.74) is 0. The summed E-state index contributed by atoms with van der Waals surface area (Å²) in [4.78, 5) is 24.8. The largest absolute Gasteiger partial charge is 0.469 e. The molecule has 1 amide bonds. The molecule has 1 fully saturated rings. The van der Waals surface area contributed by atoms with Crippen molar-refractivity contribution in [3.05, 3.63) is 30.2 Å². The molecule has 0 saturated carbocycles. The summed E-state index contributed by atoms with van der Waals surface area (Å²) in [7, 11) is 1.36. The molecular weight excluding hydrogens is 234 g/mol. The summed E-state index contributed by atoms with van der Waals surface area (Å²) in [5.74, 6) is 0.0705. The Bertz CT molecular complexity index is 450. The SMILES string of the molecule is COC(=O)C1CCN(C(=O)C=Cc2ccco2)C1. The smallest absolute Gasteiger partial charge is 0.310 e. The van der Waals surface area contributed by atoms with Gasteiger partial charge in [-0.1, -0.05) is 0 Å². The number of carbonyl (C=O) groups excluding carboxylic acids is 2. The van der Waals surface area contributed by atoms with Crippen molar-refractivity contribution in [1.29, 1.82) is 0 Å². The molecule has 96 valence electrons. The van der Waals surface area contributed by atoms with Crippen molar-refractivity contribution in [1.82, 2.24) is 4.90 Å². The Kier molecular flexibility index (Phi) is 3.82. The molecule has 1 unspecified atom stereocenters. The van der Waals surface area contributed by atoms with E-state index < -0.39 is 0 Å². The van der Waals surface area contributed by atoms with E-state index in [1.165, 1.54) is 13.2 Å². The fourth-order valence-electron chi connectivity index (χ4n) is 1.96. The van der Waals surface area contributed by atoms with Crippen LogP contribution >= 0.6 is 0 Å². The first-order chi connectivity index (χ1) is 8.70. The topological polar surface area (TPSA) is 59.8 Å². The zero-order valence-electron chi connectivity index (χ0n) is 10.2. The van der Waals surface area contributed by atoms with E-state index in [4.69, 9.17) is 4.42 Å². The molecule has 0 radical (unpaired) electrons. The highest BCUT2D eigenvalue weighted by Gasteiger charge is 2.30. The summed E-state index contributed by atoms with van der Waals surface area (Å²) in [6.07, 6.45) is 5.28. The molecular formula is C13H15NO4. The van der Waals surface area contributed by atoms with Crippen LogP contribution in [0.3, 0.4) is 0 Å². The third kappa shape index (κ3) is 2.80. The first-order valence-electron chi connectivity index (χ1n) is 5.79. The zero-order chi connectivity index (χ0) is 13.0. The van der Waals surface area contributed by atoms with E-state index in [-0.39, 0.29) is 17.8 Å². The lowest BCUT2D eigenvalue weighted by Gasteiger charge is -2.13. The molecule has 0 aromatic carbocycles. The molecule has 1 atom stereocenters. The van der Waals surface area contributed by atoms with E-state index in [0.29, 0.717) is 25.3 Å². The monoisotopic (exact) mass is 249 g/mol. The van der Waals surface area contributed by atoms with Crippen LogP contribution in [-0.4, -0.2) is 37.0 Å². The first kappa shape index (κ1) is 12.4. The van der Waals surface area contributed by atoms with Gasteiger partial charge in [-0.05, 0) is 24.6 Å². The number of hydrogen-bond acceptors (Lipinski definition) is 4. The molecule has 5 heteroatoms. The van der Waals surface area contributed by atoms with E-state index in [1.54, 1.807) is 29.4 Å². The maximum atomic E-state index is 11.8. The van der Waals surface area contributed by atoms with Crippen molar-refractivity contribution in [2.75, 3.05) is 20.2 Å². The van der Waals surface area contributed by atoms with Crippen molar-refractivity contribution < 1.29 is 18.7 Å². The normalized spacial score (nSPS) is 19.4. The molecule has 1 aliphatic rings. The van der Waals surface area contributed by atoms with Crippen LogP contribution < -0.4 is 0 Å². The Morgan fingerprint density at radius 1 is 1.56 bits per heavy atom. The van der Waals surface area contributed by atoms with E-state index in [2.05, 4.69) is 4.74 Å². The molecule has 0 aliphatic carbocycles. The fraction of sp³-hybridized carbons (Fsp3) is 0.385. The quantitative estimate of drug-likeness (QED) is 0.598. The first-order valence-corrected chi connectivity index (χ1v) is 5.79. The molecule has 1 aliphatic heterocycles. The minimum absolute atomic E-state index is 0.113. The van der Waals surface area contributed by atoms with Crippen LogP contribution in [0.2, 0.25) is 0 Å². The summed E-state index contributed by atoms with van der Waals surface area (Å²) in [6.45, 7) is 1.01. The van der Waals surface area contributed by atoms with Gasteiger partial charge in [0.15, 0.2) is 0 Å². The van der Waals surface area contributed by atoms with Crippen molar-refractivity contribution >= 4 is 18.0 Å². The zero-order valence-corrected chi connectivity index (χ0v) is 10.2. The number of nitrogens with zero attached hydrogens (tertiary/aromatic N) is 1. The lowest BCUT2D eigenvalue weighted by atomic mass is 10.1. The Hall–Kier alpha value is -2.04. The summed E-state index contributed by atoms with van der Waals surface area (Å²) in [6, 6.07) is 3.53. The van der Waals surface area contributed by atoms with Crippen LogP contribution in [0.15, 0.2) is 28.9 Å². The van der Waals surface area contributed by atoms with E-state index in [1.807, 2.05) is 0 Å². The number of likely N-dealkylation sites (tertiary alicyclic amines) is 1. The number of ether oxygens (including phenoxy) is 1. The van der Waals surface area contributed by atoms with Gasteiger partial charge >= 0.3 is 5.97 Å². The summed E-state index contributed by atoms with van der Waals surface area (Å²) in [5, 5.41) is 0. The van der Waals surface area contributed by atoms with Gasteiger partial charge in [-0.15, -0.1) is 0 Å². The second-order valence-corrected chi connectivity index (χ2v) is 4.14. The number of furan rings is 1. The number of methoxy groups -OCH3 is 1. The van der Waals surface area contributed by atoms with Crippen molar-refractivity contribution in [2.45, 2.75) is 6.42 Å². The molecule has 1 aromatic heterocycles. The van der Waals surface area contributed by atoms with Crippen LogP contribution in [-0.2, 0) is 14.3 Å². The maximum absolute atomic E-state index is 11.8. The van der Waals surface area contributed by atoms with Gasteiger partial charge < -0.3 is 14.1 Å². The van der Waals surface area contributed by atoms with Crippen LogP contribution in [0.25, 0.3) is 6.08 Å². The van der Waals surface area contributed by atoms with Crippen LogP contribution in [0.1, 0.15) is 12.2 Å². The average molecular weight is 249 g/mol. The maximum Gasteiger partial charge on any atom is 0.310 e. The standard InChI is InChI=1S/C13H15NO4/c1-17-13(16)10-6-7-14(9-10)12(15)5-4-11-3-2-8-18-11/h2-5,8,10H,6-7,9H2,1H3. The molecule has 1 aromatic rings. The van der Waals surface area contributed by atoms with Gasteiger partial charge in [0.25, 0.3) is 0 Å². The third-order valence-electron chi connectivity index (χ3n) is 2.97. The van der Waals surface area contributed by atoms with Crippen molar-refractivity contribution in [2.24, 2.45) is 5.92 Å². The molecule has 2 rings (SSSR count). The fourth-order valence-corrected chi connectivity index (χ4v) is 1.96. The lowest BCUT2D eigenvalue weighted by Crippen LogP contribution is -2.28. The van der Waals surface area contributed by atoms with Gasteiger partial charge in [-0.2, -0.15) is 0 Å². The second-order valence-electron chi connectivity index (χ2n) is 4.14. The molecule has 18 heavy (non-hydrogen) atoms. The molecule has 5 nitrogen and oxygen atoms in total. The third-order valence-corrected chi connectivity index (χ3v) is 2.97. The Morgan fingerprint density at radius 3 is 3.06 bits per heavy atom. The van der Waals surface area contributed by atoms with Crippen molar-refractivity contribution in [3.63, 3.8) is 0 Å². The number of hydrogen-bond donors (Lipinski definition) is 0. The molecule has 0 bridgehead atoms. The predicted octanol–water partition coefficient (Wildman–Crippen LogP) is 1.31. The lowest BCUT2D eigenvalue weighted by molar-refractivity contribution is -0.145. The van der Waals surface area contributed by atoms with Gasteiger partial charge in [0.05, 0.1) is 19.3 Å². The summed E-state index contributed by atoms with van der Waals surface area (Å²) >= 11 is 0. The molecule has 0 N–H and O–H groups in total. The molecule has 2 heterocycles. The van der Waals surface area contributed by atoms with Crippen LogP contribution in [0.5, 0.6) is 0 Å². The number of esters is 1. The number of amides is 1. The summed E-state index contributed by atoms with van der Waals surface area (Å²) < 4.78 is 9.76. The molecule has 0 spiro atoms. The number of carbonyl (C=O) groups is 2. The Labute approximate surface area is 105 Å². The second kappa shape index (κ2) is 5.53. The van der Waals surface area contributed by atoms with Gasteiger partial charge in [0.2, 0.25) is 5.91 Å². The Morgan fingerprint density at radius 2 is 2.39 bits per heavy atom. The average Bonchev–Trinajstić information content (AvgIpc) is 3.05.